The van der Waals surface area contributed by atoms with Gasteiger partial charge in [0.25, 0.3) is 0 Å². The minimum atomic E-state index is 0.172. The van der Waals surface area contributed by atoms with Gasteiger partial charge in [0.05, 0.1) is 18.0 Å². The smallest absolute Gasteiger partial charge is 0.150 e. The molecule has 0 atom stereocenters. The quantitative estimate of drug-likeness (QED) is 0.865. The standard InChI is InChI=1S/C13H21N3O/c1-10-9-14-11(2)13(15-10)16(7-8-17)12-5-3-4-6-12/h9,12,17H,3-8H2,1-2H3. The van der Waals surface area contributed by atoms with Crippen molar-refractivity contribution in [3.05, 3.63) is 17.6 Å². The van der Waals surface area contributed by atoms with Gasteiger partial charge in [-0.25, -0.2) is 4.98 Å². The molecule has 0 amide bonds. The van der Waals surface area contributed by atoms with E-state index in [1.807, 2.05) is 13.8 Å². The van der Waals surface area contributed by atoms with Gasteiger partial charge < -0.3 is 10.0 Å². The highest BCUT2D eigenvalue weighted by Gasteiger charge is 2.24. The Balaban J connectivity index is 2.27. The van der Waals surface area contributed by atoms with Crippen LogP contribution < -0.4 is 4.90 Å². The second-order valence-corrected chi connectivity index (χ2v) is 4.78. The van der Waals surface area contributed by atoms with Crippen LogP contribution in [0.5, 0.6) is 0 Å². The third-order valence-corrected chi connectivity index (χ3v) is 3.43. The maximum absolute atomic E-state index is 9.23. The number of hydrogen-bond donors (Lipinski definition) is 1. The second kappa shape index (κ2) is 5.45. The molecule has 0 unspecified atom stereocenters. The first-order valence-electron chi connectivity index (χ1n) is 6.40. The van der Waals surface area contributed by atoms with Crippen molar-refractivity contribution in [1.82, 2.24) is 9.97 Å². The normalized spacial score (nSPS) is 16.4. The average Bonchev–Trinajstić information content (AvgIpc) is 2.83. The van der Waals surface area contributed by atoms with Crippen molar-refractivity contribution in [2.75, 3.05) is 18.1 Å². The molecule has 1 heterocycles. The van der Waals surface area contributed by atoms with Crippen molar-refractivity contribution < 1.29 is 5.11 Å². The minimum absolute atomic E-state index is 0.172. The molecule has 4 nitrogen and oxygen atoms in total. The molecule has 1 fully saturated rings. The maximum atomic E-state index is 9.23. The summed E-state index contributed by atoms with van der Waals surface area (Å²) in [6.45, 7) is 4.78. The fourth-order valence-electron chi connectivity index (χ4n) is 2.58. The Hall–Kier alpha value is -1.16. The Labute approximate surface area is 103 Å². The summed E-state index contributed by atoms with van der Waals surface area (Å²) >= 11 is 0. The molecule has 1 aromatic rings. The van der Waals surface area contributed by atoms with Gasteiger partial charge in [-0.15, -0.1) is 0 Å². The van der Waals surface area contributed by atoms with Gasteiger partial charge in [0.2, 0.25) is 0 Å². The highest BCUT2D eigenvalue weighted by Crippen LogP contribution is 2.28. The first-order valence-corrected chi connectivity index (χ1v) is 6.40. The summed E-state index contributed by atoms with van der Waals surface area (Å²) < 4.78 is 0. The molecule has 1 saturated carbocycles. The van der Waals surface area contributed by atoms with Crippen LogP contribution in [0.2, 0.25) is 0 Å². The zero-order chi connectivity index (χ0) is 12.3. The van der Waals surface area contributed by atoms with Gasteiger partial charge in [0.15, 0.2) is 5.82 Å². The Bertz CT molecular complexity index is 375. The topological polar surface area (TPSA) is 49.2 Å². The molecule has 4 heteroatoms. The summed E-state index contributed by atoms with van der Waals surface area (Å²) in [7, 11) is 0. The van der Waals surface area contributed by atoms with Crippen molar-refractivity contribution >= 4 is 5.82 Å². The van der Waals surface area contributed by atoms with Gasteiger partial charge in [-0.1, -0.05) is 12.8 Å². The summed E-state index contributed by atoms with van der Waals surface area (Å²) in [5.74, 6) is 0.950. The van der Waals surface area contributed by atoms with Crippen LogP contribution in [0.4, 0.5) is 5.82 Å². The molecular weight excluding hydrogens is 214 g/mol. The van der Waals surface area contributed by atoms with E-state index in [1.165, 1.54) is 25.7 Å². The Morgan fingerprint density at radius 2 is 2.06 bits per heavy atom. The van der Waals surface area contributed by atoms with E-state index in [-0.39, 0.29) is 6.61 Å². The van der Waals surface area contributed by atoms with Crippen molar-refractivity contribution in [2.24, 2.45) is 0 Å². The first-order chi connectivity index (χ1) is 8.22. The number of anilines is 1. The van der Waals surface area contributed by atoms with Gasteiger partial charge in [0.1, 0.15) is 0 Å². The maximum Gasteiger partial charge on any atom is 0.150 e. The van der Waals surface area contributed by atoms with Gasteiger partial charge in [0, 0.05) is 18.8 Å². The summed E-state index contributed by atoms with van der Waals surface area (Å²) in [4.78, 5) is 11.2. The molecule has 1 aliphatic rings. The van der Waals surface area contributed by atoms with Crippen LogP contribution in [-0.2, 0) is 0 Å². The van der Waals surface area contributed by atoms with Gasteiger partial charge in [-0.05, 0) is 26.7 Å². The van der Waals surface area contributed by atoms with Gasteiger partial charge in [-0.3, -0.25) is 4.98 Å². The molecule has 0 bridgehead atoms. The summed E-state index contributed by atoms with van der Waals surface area (Å²) in [5, 5.41) is 9.23. The van der Waals surface area contributed by atoms with E-state index in [4.69, 9.17) is 0 Å². The van der Waals surface area contributed by atoms with E-state index in [9.17, 15) is 5.11 Å². The first kappa shape index (κ1) is 12.3. The molecule has 0 aliphatic heterocycles. The minimum Gasteiger partial charge on any atom is -0.395 e. The SMILES string of the molecule is Cc1cnc(C)c(N(CCO)C2CCCC2)n1. The van der Waals surface area contributed by atoms with Crippen molar-refractivity contribution in [3.63, 3.8) is 0 Å². The second-order valence-electron chi connectivity index (χ2n) is 4.78. The number of aliphatic hydroxyl groups is 1. The molecule has 0 radical (unpaired) electrons. The number of rotatable bonds is 4. The fraction of sp³-hybridized carbons (Fsp3) is 0.692. The predicted octanol–water partition coefficient (Wildman–Crippen LogP) is 1.83. The number of hydrogen-bond acceptors (Lipinski definition) is 4. The van der Waals surface area contributed by atoms with Crippen LogP contribution in [0.15, 0.2) is 6.20 Å². The lowest BCUT2D eigenvalue weighted by molar-refractivity contribution is 0.296. The Morgan fingerprint density at radius 1 is 1.35 bits per heavy atom. The Morgan fingerprint density at radius 3 is 2.71 bits per heavy atom. The fourth-order valence-corrected chi connectivity index (χ4v) is 2.58. The molecule has 1 aliphatic carbocycles. The number of aliphatic hydroxyl groups excluding tert-OH is 1. The van der Waals surface area contributed by atoms with Gasteiger partial charge >= 0.3 is 0 Å². The van der Waals surface area contributed by atoms with E-state index < -0.39 is 0 Å². The monoisotopic (exact) mass is 235 g/mol. The molecule has 94 valence electrons. The zero-order valence-corrected chi connectivity index (χ0v) is 10.7. The third kappa shape index (κ3) is 2.75. The van der Waals surface area contributed by atoms with E-state index in [2.05, 4.69) is 14.9 Å². The molecule has 0 spiro atoms. The molecule has 0 saturated heterocycles. The zero-order valence-electron chi connectivity index (χ0n) is 10.7. The molecule has 0 aromatic carbocycles. The lowest BCUT2D eigenvalue weighted by Crippen LogP contribution is -2.37. The van der Waals surface area contributed by atoms with Crippen molar-refractivity contribution in [2.45, 2.75) is 45.6 Å². The predicted molar refractivity (Wildman–Crippen MR) is 68.2 cm³/mol. The van der Waals surface area contributed by atoms with E-state index in [0.29, 0.717) is 12.6 Å². The van der Waals surface area contributed by atoms with Crippen LogP contribution in [0.1, 0.15) is 37.1 Å². The summed E-state index contributed by atoms with van der Waals surface area (Å²) in [5.41, 5.74) is 1.89. The lowest BCUT2D eigenvalue weighted by Gasteiger charge is -2.30. The van der Waals surface area contributed by atoms with Crippen LogP contribution in [-0.4, -0.2) is 34.3 Å². The molecular formula is C13H21N3O. The average molecular weight is 235 g/mol. The largest absolute Gasteiger partial charge is 0.395 e. The van der Waals surface area contributed by atoms with E-state index >= 15 is 0 Å². The highest BCUT2D eigenvalue weighted by molar-refractivity contribution is 5.44. The number of aryl methyl sites for hydroxylation is 2. The molecule has 2 rings (SSSR count). The van der Waals surface area contributed by atoms with Crippen molar-refractivity contribution in [3.8, 4) is 0 Å². The van der Waals surface area contributed by atoms with Crippen LogP contribution >= 0.6 is 0 Å². The summed E-state index contributed by atoms with van der Waals surface area (Å²) in [6.07, 6.45) is 6.77. The Kier molecular flexibility index (Phi) is 3.94. The number of nitrogens with zero attached hydrogens (tertiary/aromatic N) is 3. The molecule has 1 aromatic heterocycles. The third-order valence-electron chi connectivity index (χ3n) is 3.43. The van der Waals surface area contributed by atoms with Crippen LogP contribution in [0, 0.1) is 13.8 Å². The number of aromatic nitrogens is 2. The van der Waals surface area contributed by atoms with Crippen molar-refractivity contribution in [1.29, 1.82) is 0 Å². The van der Waals surface area contributed by atoms with E-state index in [0.717, 1.165) is 17.2 Å². The van der Waals surface area contributed by atoms with Crippen LogP contribution in [0.25, 0.3) is 0 Å². The molecule has 17 heavy (non-hydrogen) atoms. The summed E-state index contributed by atoms with van der Waals surface area (Å²) in [6, 6.07) is 0.525. The lowest BCUT2D eigenvalue weighted by atomic mass is 10.2. The van der Waals surface area contributed by atoms with Gasteiger partial charge in [-0.2, -0.15) is 0 Å². The van der Waals surface area contributed by atoms with E-state index in [1.54, 1.807) is 6.20 Å². The van der Waals surface area contributed by atoms with Crippen LogP contribution in [0.3, 0.4) is 0 Å². The molecule has 1 N–H and O–H groups in total. The highest BCUT2D eigenvalue weighted by atomic mass is 16.3.